The molecule has 0 atom stereocenters. The molecule has 1 N–H and O–H groups in total. The molecule has 19 heavy (non-hydrogen) atoms. The number of carbonyl (C=O) groups is 1. The van der Waals surface area contributed by atoms with Gasteiger partial charge < -0.3 is 14.3 Å². The Labute approximate surface area is 119 Å². The average molecular weight is 325 g/mol. The molecular formula is C14H13BrO4. The van der Waals surface area contributed by atoms with Gasteiger partial charge in [-0.1, -0.05) is 15.9 Å². The van der Waals surface area contributed by atoms with Gasteiger partial charge in [0.2, 0.25) is 5.76 Å². The predicted octanol–water partition coefficient (Wildman–Crippen LogP) is 3.94. The summed E-state index contributed by atoms with van der Waals surface area (Å²) in [6, 6.07) is 7.37. The molecule has 0 aliphatic heterocycles. The van der Waals surface area contributed by atoms with Crippen molar-refractivity contribution >= 4 is 21.9 Å². The number of hydrogen-bond donors (Lipinski definition) is 1. The average Bonchev–Trinajstić information content (AvgIpc) is 2.69. The van der Waals surface area contributed by atoms with Gasteiger partial charge in [0, 0.05) is 10.0 Å². The highest BCUT2D eigenvalue weighted by molar-refractivity contribution is 9.10. The molecule has 0 saturated heterocycles. The van der Waals surface area contributed by atoms with Gasteiger partial charge in [-0.15, -0.1) is 0 Å². The minimum atomic E-state index is -1.07. The van der Waals surface area contributed by atoms with Crippen LogP contribution in [0, 0.1) is 13.8 Å². The second-order valence-corrected chi connectivity index (χ2v) is 5.14. The quantitative estimate of drug-likeness (QED) is 0.925. The Morgan fingerprint density at radius 3 is 2.63 bits per heavy atom. The summed E-state index contributed by atoms with van der Waals surface area (Å²) in [5, 5.41) is 8.90. The van der Waals surface area contributed by atoms with Crippen LogP contribution in [0.1, 0.15) is 27.4 Å². The third-order valence-electron chi connectivity index (χ3n) is 2.67. The maximum absolute atomic E-state index is 10.9. The van der Waals surface area contributed by atoms with Crippen molar-refractivity contribution in [3.63, 3.8) is 0 Å². The van der Waals surface area contributed by atoms with E-state index >= 15 is 0 Å². The lowest BCUT2D eigenvalue weighted by Gasteiger charge is -2.07. The third-order valence-corrected chi connectivity index (χ3v) is 3.16. The lowest BCUT2D eigenvalue weighted by molar-refractivity contribution is 0.0657. The summed E-state index contributed by atoms with van der Waals surface area (Å²) in [4.78, 5) is 10.9. The van der Waals surface area contributed by atoms with Crippen molar-refractivity contribution in [1.29, 1.82) is 0 Å². The van der Waals surface area contributed by atoms with Gasteiger partial charge in [0.05, 0.1) is 0 Å². The molecule has 0 saturated carbocycles. The minimum Gasteiger partial charge on any atom is -0.485 e. The fraction of sp³-hybridized carbons (Fsp3) is 0.214. The van der Waals surface area contributed by atoms with Crippen LogP contribution >= 0.6 is 15.9 Å². The summed E-state index contributed by atoms with van der Waals surface area (Å²) >= 11 is 3.38. The van der Waals surface area contributed by atoms with E-state index in [1.54, 1.807) is 13.0 Å². The molecule has 0 radical (unpaired) electrons. The van der Waals surface area contributed by atoms with Crippen molar-refractivity contribution in [3.8, 4) is 5.75 Å². The Kier molecular flexibility index (Phi) is 3.95. The van der Waals surface area contributed by atoms with Gasteiger partial charge in [-0.2, -0.15) is 0 Å². The smallest absolute Gasteiger partial charge is 0.372 e. The van der Waals surface area contributed by atoms with E-state index in [2.05, 4.69) is 15.9 Å². The molecule has 1 aromatic heterocycles. The maximum atomic E-state index is 10.9. The van der Waals surface area contributed by atoms with Crippen molar-refractivity contribution in [2.45, 2.75) is 20.5 Å². The molecule has 2 aromatic rings. The molecule has 1 heterocycles. The molecule has 0 amide bonds. The Balaban J connectivity index is 2.10. The van der Waals surface area contributed by atoms with E-state index in [9.17, 15) is 4.79 Å². The normalized spacial score (nSPS) is 10.5. The summed E-state index contributed by atoms with van der Waals surface area (Å²) in [7, 11) is 0. The molecule has 1 aromatic carbocycles. The number of halogens is 1. The first-order valence-corrected chi connectivity index (χ1v) is 6.48. The number of rotatable bonds is 4. The SMILES string of the molecule is Cc1cc(Br)ccc1OCc1cc(C)c(C(=O)O)o1. The zero-order valence-corrected chi connectivity index (χ0v) is 12.2. The summed E-state index contributed by atoms with van der Waals surface area (Å²) in [5.74, 6) is 0.140. The first-order valence-electron chi connectivity index (χ1n) is 5.69. The molecule has 4 nitrogen and oxygen atoms in total. The van der Waals surface area contributed by atoms with Crippen LogP contribution in [0.2, 0.25) is 0 Å². The predicted molar refractivity (Wildman–Crippen MR) is 73.6 cm³/mol. The van der Waals surface area contributed by atoms with E-state index in [1.165, 1.54) is 0 Å². The molecule has 2 rings (SSSR count). The van der Waals surface area contributed by atoms with Gasteiger partial charge in [0.25, 0.3) is 0 Å². The number of carboxylic acid groups (broad SMARTS) is 1. The van der Waals surface area contributed by atoms with Gasteiger partial charge in [-0.3, -0.25) is 0 Å². The highest BCUT2D eigenvalue weighted by Crippen LogP contribution is 2.24. The van der Waals surface area contributed by atoms with Crippen molar-refractivity contribution < 1.29 is 19.1 Å². The van der Waals surface area contributed by atoms with Gasteiger partial charge >= 0.3 is 5.97 Å². The number of hydrogen-bond acceptors (Lipinski definition) is 3. The monoisotopic (exact) mass is 324 g/mol. The van der Waals surface area contributed by atoms with E-state index < -0.39 is 5.97 Å². The Hall–Kier alpha value is -1.75. The van der Waals surface area contributed by atoms with Crippen LogP contribution in [0.25, 0.3) is 0 Å². The van der Waals surface area contributed by atoms with Gasteiger partial charge in [-0.05, 0) is 43.7 Å². The van der Waals surface area contributed by atoms with E-state index in [4.69, 9.17) is 14.3 Å². The summed E-state index contributed by atoms with van der Waals surface area (Å²) in [6.07, 6.45) is 0. The second kappa shape index (κ2) is 5.48. The molecular weight excluding hydrogens is 312 g/mol. The van der Waals surface area contributed by atoms with Crippen LogP contribution in [0.4, 0.5) is 0 Å². The van der Waals surface area contributed by atoms with Gasteiger partial charge in [0.15, 0.2) is 0 Å². The third kappa shape index (κ3) is 3.17. The number of carboxylic acids is 1. The van der Waals surface area contributed by atoms with Crippen LogP contribution in [-0.2, 0) is 6.61 Å². The van der Waals surface area contributed by atoms with E-state index in [0.717, 1.165) is 15.8 Å². The van der Waals surface area contributed by atoms with Crippen molar-refractivity contribution in [2.75, 3.05) is 0 Å². The standard InChI is InChI=1S/C14H13BrO4/c1-8-5-10(15)3-4-12(8)18-7-11-6-9(2)13(19-11)14(16)17/h3-6H,7H2,1-2H3,(H,16,17). The fourth-order valence-electron chi connectivity index (χ4n) is 1.76. The molecule has 0 unspecified atom stereocenters. The number of aryl methyl sites for hydroxylation is 2. The largest absolute Gasteiger partial charge is 0.485 e. The van der Waals surface area contributed by atoms with Gasteiger partial charge in [-0.25, -0.2) is 4.79 Å². The molecule has 0 fully saturated rings. The highest BCUT2D eigenvalue weighted by Gasteiger charge is 2.14. The molecule has 100 valence electrons. The summed E-state index contributed by atoms with van der Waals surface area (Å²) in [5.41, 5.74) is 1.59. The van der Waals surface area contributed by atoms with E-state index in [0.29, 0.717) is 11.3 Å². The zero-order valence-electron chi connectivity index (χ0n) is 10.6. The fourth-order valence-corrected chi connectivity index (χ4v) is 2.23. The lowest BCUT2D eigenvalue weighted by atomic mass is 10.2. The zero-order chi connectivity index (χ0) is 14.0. The van der Waals surface area contributed by atoms with Crippen LogP contribution < -0.4 is 4.74 Å². The molecule has 5 heteroatoms. The highest BCUT2D eigenvalue weighted by atomic mass is 79.9. The number of ether oxygens (including phenoxy) is 1. The maximum Gasteiger partial charge on any atom is 0.372 e. The van der Waals surface area contributed by atoms with Gasteiger partial charge in [0.1, 0.15) is 18.1 Å². The lowest BCUT2D eigenvalue weighted by Crippen LogP contribution is -1.97. The number of aromatic carboxylic acids is 1. The van der Waals surface area contributed by atoms with Crippen molar-refractivity contribution in [1.82, 2.24) is 0 Å². The van der Waals surface area contributed by atoms with E-state index in [1.807, 2.05) is 25.1 Å². The van der Waals surface area contributed by atoms with Crippen molar-refractivity contribution in [2.24, 2.45) is 0 Å². The Morgan fingerprint density at radius 2 is 2.05 bits per heavy atom. The van der Waals surface area contributed by atoms with E-state index in [-0.39, 0.29) is 12.4 Å². The van der Waals surface area contributed by atoms with Crippen LogP contribution in [0.15, 0.2) is 33.2 Å². The van der Waals surface area contributed by atoms with Crippen LogP contribution in [-0.4, -0.2) is 11.1 Å². The second-order valence-electron chi connectivity index (χ2n) is 4.23. The number of benzene rings is 1. The molecule has 0 aliphatic carbocycles. The first-order chi connectivity index (χ1) is 8.97. The molecule has 0 bridgehead atoms. The Morgan fingerprint density at radius 1 is 1.32 bits per heavy atom. The molecule has 0 spiro atoms. The number of furan rings is 1. The van der Waals surface area contributed by atoms with Crippen LogP contribution in [0.5, 0.6) is 5.75 Å². The summed E-state index contributed by atoms with van der Waals surface area (Å²) in [6.45, 7) is 3.84. The molecule has 0 aliphatic rings. The summed E-state index contributed by atoms with van der Waals surface area (Å²) < 4.78 is 11.8. The first kappa shape index (κ1) is 13.7. The Bertz CT molecular complexity index is 616. The van der Waals surface area contributed by atoms with Crippen LogP contribution in [0.3, 0.4) is 0 Å². The minimum absolute atomic E-state index is 0.0360. The van der Waals surface area contributed by atoms with Crippen molar-refractivity contribution in [3.05, 3.63) is 51.4 Å². The topological polar surface area (TPSA) is 59.7 Å².